The smallest absolute Gasteiger partial charge is 0.304 e. The summed E-state index contributed by atoms with van der Waals surface area (Å²) in [5.74, 6) is -1.04. The zero-order chi connectivity index (χ0) is 14.5. The summed E-state index contributed by atoms with van der Waals surface area (Å²) in [6.07, 6.45) is 1.36. The van der Waals surface area contributed by atoms with Crippen molar-refractivity contribution in [2.45, 2.75) is 19.9 Å². The van der Waals surface area contributed by atoms with E-state index >= 15 is 0 Å². The Bertz CT molecular complexity index is 527. The van der Waals surface area contributed by atoms with Gasteiger partial charge in [-0.25, -0.2) is 0 Å². The minimum Gasteiger partial charge on any atom is -0.481 e. The highest BCUT2D eigenvalue weighted by molar-refractivity contribution is 7.87. The van der Waals surface area contributed by atoms with Crippen LogP contribution in [0.25, 0.3) is 0 Å². The summed E-state index contributed by atoms with van der Waals surface area (Å²) in [4.78, 5) is 14.4. The third-order valence-electron chi connectivity index (χ3n) is 2.48. The van der Waals surface area contributed by atoms with Gasteiger partial charge in [0, 0.05) is 32.0 Å². The van der Waals surface area contributed by atoms with Crippen LogP contribution in [0.1, 0.15) is 17.7 Å². The first-order valence-corrected chi connectivity index (χ1v) is 7.09. The number of rotatable bonds is 7. The van der Waals surface area contributed by atoms with E-state index < -0.39 is 16.2 Å². The van der Waals surface area contributed by atoms with E-state index in [1.54, 1.807) is 18.3 Å². The van der Waals surface area contributed by atoms with Crippen LogP contribution in [-0.2, 0) is 21.5 Å². The molecule has 0 saturated carbocycles. The molecule has 0 aliphatic carbocycles. The summed E-state index contributed by atoms with van der Waals surface area (Å²) in [5.41, 5.74) is 1.59. The van der Waals surface area contributed by atoms with Crippen molar-refractivity contribution in [3.8, 4) is 0 Å². The summed E-state index contributed by atoms with van der Waals surface area (Å²) in [6, 6.07) is 3.57. The summed E-state index contributed by atoms with van der Waals surface area (Å²) in [6.45, 7) is 1.89. The number of pyridine rings is 1. The van der Waals surface area contributed by atoms with E-state index in [1.807, 2.05) is 6.92 Å². The van der Waals surface area contributed by atoms with Crippen LogP contribution < -0.4 is 4.72 Å². The predicted molar refractivity (Wildman–Crippen MR) is 69.6 cm³/mol. The molecule has 0 atom stereocenters. The molecule has 0 spiro atoms. The van der Waals surface area contributed by atoms with E-state index in [4.69, 9.17) is 5.11 Å². The van der Waals surface area contributed by atoms with Gasteiger partial charge in [0.2, 0.25) is 0 Å². The summed E-state index contributed by atoms with van der Waals surface area (Å²) >= 11 is 0. The predicted octanol–water partition coefficient (Wildman–Crippen LogP) is 0.131. The molecule has 0 bridgehead atoms. The number of nitrogens with one attached hydrogen (secondary N) is 1. The fraction of sp³-hybridized carbons (Fsp3) is 0.455. The molecular formula is C11H17N3O4S. The standard InChI is InChI=1S/C11H17N3O4S/c1-9-3-4-10(7-12-9)8-13-19(17,18)14(2)6-5-11(15)16/h3-4,7,13H,5-6,8H2,1-2H3,(H,15,16). The second-order valence-corrected chi connectivity index (χ2v) is 5.96. The van der Waals surface area contributed by atoms with Crippen molar-refractivity contribution in [2.75, 3.05) is 13.6 Å². The Morgan fingerprint density at radius 2 is 2.16 bits per heavy atom. The molecule has 7 nitrogen and oxygen atoms in total. The molecule has 0 aromatic carbocycles. The SMILES string of the molecule is Cc1ccc(CNS(=O)(=O)N(C)CCC(=O)O)cn1. The van der Waals surface area contributed by atoms with Crippen LogP contribution >= 0.6 is 0 Å². The molecular weight excluding hydrogens is 270 g/mol. The van der Waals surface area contributed by atoms with E-state index in [0.29, 0.717) is 0 Å². The zero-order valence-electron chi connectivity index (χ0n) is 10.8. The highest BCUT2D eigenvalue weighted by Crippen LogP contribution is 2.02. The maximum atomic E-state index is 11.8. The number of carboxylic acids is 1. The Hall–Kier alpha value is -1.51. The maximum Gasteiger partial charge on any atom is 0.304 e. The van der Waals surface area contributed by atoms with Crippen LogP contribution in [0, 0.1) is 6.92 Å². The Morgan fingerprint density at radius 1 is 1.47 bits per heavy atom. The first-order valence-electron chi connectivity index (χ1n) is 5.65. The van der Waals surface area contributed by atoms with Crippen molar-refractivity contribution < 1.29 is 18.3 Å². The lowest BCUT2D eigenvalue weighted by Crippen LogP contribution is -2.38. The molecule has 0 radical (unpaired) electrons. The van der Waals surface area contributed by atoms with Crippen LogP contribution in [0.3, 0.4) is 0 Å². The van der Waals surface area contributed by atoms with E-state index in [9.17, 15) is 13.2 Å². The van der Waals surface area contributed by atoms with Gasteiger partial charge in [0.15, 0.2) is 0 Å². The van der Waals surface area contributed by atoms with Crippen LogP contribution in [0.15, 0.2) is 18.3 Å². The Balaban J connectivity index is 2.54. The lowest BCUT2D eigenvalue weighted by molar-refractivity contribution is -0.137. The van der Waals surface area contributed by atoms with Crippen molar-refractivity contribution in [2.24, 2.45) is 0 Å². The van der Waals surface area contributed by atoms with Gasteiger partial charge in [-0.3, -0.25) is 9.78 Å². The highest BCUT2D eigenvalue weighted by Gasteiger charge is 2.17. The van der Waals surface area contributed by atoms with Gasteiger partial charge in [-0.15, -0.1) is 0 Å². The van der Waals surface area contributed by atoms with E-state index in [2.05, 4.69) is 9.71 Å². The van der Waals surface area contributed by atoms with Crippen LogP contribution in [0.4, 0.5) is 0 Å². The number of aliphatic carboxylic acids is 1. The monoisotopic (exact) mass is 287 g/mol. The molecule has 0 amide bonds. The number of carbonyl (C=O) groups is 1. The summed E-state index contributed by atoms with van der Waals surface area (Å²) < 4.78 is 26.9. The molecule has 0 aliphatic heterocycles. The molecule has 2 N–H and O–H groups in total. The normalized spacial score (nSPS) is 11.7. The van der Waals surface area contributed by atoms with Gasteiger partial charge in [-0.05, 0) is 18.6 Å². The second kappa shape index (κ2) is 6.60. The van der Waals surface area contributed by atoms with Gasteiger partial charge in [0.1, 0.15) is 0 Å². The molecule has 1 rings (SSSR count). The zero-order valence-corrected chi connectivity index (χ0v) is 11.6. The largest absolute Gasteiger partial charge is 0.481 e. The van der Waals surface area contributed by atoms with Gasteiger partial charge in [-0.1, -0.05) is 6.07 Å². The van der Waals surface area contributed by atoms with Crippen LogP contribution in [0.5, 0.6) is 0 Å². The lowest BCUT2D eigenvalue weighted by atomic mass is 10.2. The fourth-order valence-corrected chi connectivity index (χ4v) is 2.16. The second-order valence-electron chi connectivity index (χ2n) is 4.10. The molecule has 19 heavy (non-hydrogen) atoms. The molecule has 0 unspecified atom stereocenters. The van der Waals surface area contributed by atoms with Crippen molar-refractivity contribution in [3.63, 3.8) is 0 Å². The molecule has 1 aromatic rings. The minimum absolute atomic E-state index is 0.0726. The molecule has 106 valence electrons. The van der Waals surface area contributed by atoms with Gasteiger partial charge in [0.05, 0.1) is 6.42 Å². The third kappa shape index (κ3) is 5.33. The number of carboxylic acid groups (broad SMARTS) is 1. The van der Waals surface area contributed by atoms with Gasteiger partial charge in [-0.2, -0.15) is 17.4 Å². The Morgan fingerprint density at radius 3 is 2.68 bits per heavy atom. The van der Waals surface area contributed by atoms with Crippen molar-refractivity contribution in [3.05, 3.63) is 29.6 Å². The molecule has 0 aliphatic rings. The Labute approximate surface area is 112 Å². The number of hydrogen-bond acceptors (Lipinski definition) is 4. The molecule has 1 heterocycles. The molecule has 0 fully saturated rings. The average Bonchev–Trinajstić information content (AvgIpc) is 2.35. The van der Waals surface area contributed by atoms with E-state index in [1.165, 1.54) is 7.05 Å². The van der Waals surface area contributed by atoms with Crippen molar-refractivity contribution >= 4 is 16.2 Å². The lowest BCUT2D eigenvalue weighted by Gasteiger charge is -2.16. The van der Waals surface area contributed by atoms with Crippen molar-refractivity contribution in [1.82, 2.24) is 14.0 Å². The van der Waals surface area contributed by atoms with E-state index in [0.717, 1.165) is 15.6 Å². The van der Waals surface area contributed by atoms with Crippen molar-refractivity contribution in [1.29, 1.82) is 0 Å². The first kappa shape index (κ1) is 15.5. The summed E-state index contributed by atoms with van der Waals surface area (Å²) in [5, 5.41) is 8.51. The molecule has 0 saturated heterocycles. The average molecular weight is 287 g/mol. The molecule has 8 heteroatoms. The number of aryl methyl sites for hydroxylation is 1. The summed E-state index contributed by atoms with van der Waals surface area (Å²) in [7, 11) is -2.34. The molecule has 1 aromatic heterocycles. The van der Waals surface area contributed by atoms with Crippen LogP contribution in [-0.4, -0.2) is 42.4 Å². The van der Waals surface area contributed by atoms with Gasteiger partial charge >= 0.3 is 5.97 Å². The van der Waals surface area contributed by atoms with E-state index in [-0.39, 0.29) is 19.5 Å². The number of nitrogens with zero attached hydrogens (tertiary/aromatic N) is 2. The highest BCUT2D eigenvalue weighted by atomic mass is 32.2. The Kier molecular flexibility index (Phi) is 5.40. The fourth-order valence-electron chi connectivity index (χ4n) is 1.26. The number of hydrogen-bond donors (Lipinski definition) is 2. The quantitative estimate of drug-likeness (QED) is 0.742. The maximum absolute atomic E-state index is 11.8. The topological polar surface area (TPSA) is 99.6 Å². The van der Waals surface area contributed by atoms with Crippen LogP contribution in [0.2, 0.25) is 0 Å². The van der Waals surface area contributed by atoms with Gasteiger partial charge < -0.3 is 5.11 Å². The van der Waals surface area contributed by atoms with Gasteiger partial charge in [0.25, 0.3) is 10.2 Å². The third-order valence-corrected chi connectivity index (χ3v) is 3.99. The number of aromatic nitrogens is 1. The minimum atomic E-state index is -3.67. The first-order chi connectivity index (χ1) is 8.81.